The van der Waals surface area contributed by atoms with E-state index >= 15 is 0 Å². The minimum Gasteiger partial charge on any atom is -0.478 e. The van der Waals surface area contributed by atoms with Gasteiger partial charge in [0.1, 0.15) is 5.82 Å². The van der Waals surface area contributed by atoms with Crippen molar-refractivity contribution in [1.29, 1.82) is 0 Å². The molecule has 0 saturated carbocycles. The third-order valence-corrected chi connectivity index (χ3v) is 1.83. The molecule has 0 aromatic heterocycles. The molecule has 0 spiro atoms. The Balaban J connectivity index is 2.83. The van der Waals surface area contributed by atoms with Crippen LogP contribution in [0.4, 0.5) is 4.39 Å². The van der Waals surface area contributed by atoms with Gasteiger partial charge in [0.2, 0.25) is 5.91 Å². The standard InChI is InChI=1S/C10H10FNO3/c1-6(13)12-5-8-3-2-7(10(14)15)4-9(8)11/h2-4H,5H2,1H3,(H,12,13)(H,14,15). The predicted octanol–water partition coefficient (Wildman–Crippen LogP) is 1.16. The van der Waals surface area contributed by atoms with Gasteiger partial charge in [-0.3, -0.25) is 4.79 Å². The van der Waals surface area contributed by atoms with Crippen LogP contribution in [0.2, 0.25) is 0 Å². The third kappa shape index (κ3) is 3.05. The maximum atomic E-state index is 13.2. The van der Waals surface area contributed by atoms with Crippen molar-refractivity contribution in [2.75, 3.05) is 0 Å². The molecule has 80 valence electrons. The van der Waals surface area contributed by atoms with E-state index in [0.717, 1.165) is 6.07 Å². The zero-order valence-corrected chi connectivity index (χ0v) is 8.08. The summed E-state index contributed by atoms with van der Waals surface area (Å²) in [4.78, 5) is 21.1. The minimum absolute atomic E-state index is 0.0566. The molecule has 0 aliphatic heterocycles. The van der Waals surface area contributed by atoms with Gasteiger partial charge in [0.05, 0.1) is 5.56 Å². The third-order valence-electron chi connectivity index (χ3n) is 1.83. The number of benzene rings is 1. The number of carbonyl (C=O) groups is 2. The van der Waals surface area contributed by atoms with E-state index in [9.17, 15) is 14.0 Å². The molecule has 0 unspecified atom stereocenters. The predicted molar refractivity (Wildman–Crippen MR) is 50.9 cm³/mol. The molecule has 0 fully saturated rings. The second-order valence-electron chi connectivity index (χ2n) is 3.02. The Morgan fingerprint density at radius 3 is 2.60 bits per heavy atom. The average molecular weight is 211 g/mol. The molecule has 1 aromatic rings. The highest BCUT2D eigenvalue weighted by Gasteiger charge is 2.08. The highest BCUT2D eigenvalue weighted by molar-refractivity contribution is 5.87. The van der Waals surface area contributed by atoms with E-state index in [1.165, 1.54) is 19.1 Å². The Bertz CT molecular complexity index is 404. The van der Waals surface area contributed by atoms with Gasteiger partial charge >= 0.3 is 5.97 Å². The van der Waals surface area contributed by atoms with E-state index in [1.54, 1.807) is 0 Å². The summed E-state index contributed by atoms with van der Waals surface area (Å²) >= 11 is 0. The van der Waals surface area contributed by atoms with Crippen molar-refractivity contribution in [2.45, 2.75) is 13.5 Å². The Kier molecular flexibility index (Phi) is 3.38. The van der Waals surface area contributed by atoms with Gasteiger partial charge in [0, 0.05) is 19.0 Å². The minimum atomic E-state index is -1.18. The summed E-state index contributed by atoms with van der Waals surface area (Å²) in [7, 11) is 0. The number of aromatic carboxylic acids is 1. The molecule has 2 N–H and O–H groups in total. The smallest absolute Gasteiger partial charge is 0.335 e. The fourth-order valence-electron chi connectivity index (χ4n) is 1.04. The van der Waals surface area contributed by atoms with E-state index in [4.69, 9.17) is 5.11 Å². The van der Waals surface area contributed by atoms with Crippen molar-refractivity contribution < 1.29 is 19.1 Å². The lowest BCUT2D eigenvalue weighted by atomic mass is 10.1. The Labute approximate surface area is 85.7 Å². The molecule has 1 rings (SSSR count). The van der Waals surface area contributed by atoms with Crippen LogP contribution in [-0.4, -0.2) is 17.0 Å². The van der Waals surface area contributed by atoms with Gasteiger partial charge in [-0.1, -0.05) is 6.07 Å². The molecule has 15 heavy (non-hydrogen) atoms. The molecule has 1 aromatic carbocycles. The lowest BCUT2D eigenvalue weighted by Crippen LogP contribution is -2.19. The summed E-state index contributed by atoms with van der Waals surface area (Å²) in [6.45, 7) is 1.38. The van der Waals surface area contributed by atoms with Gasteiger partial charge in [-0.15, -0.1) is 0 Å². The number of hydrogen-bond acceptors (Lipinski definition) is 2. The van der Waals surface area contributed by atoms with E-state index in [0.29, 0.717) is 0 Å². The Morgan fingerprint density at radius 1 is 1.47 bits per heavy atom. The van der Waals surface area contributed by atoms with Crippen LogP contribution in [0.1, 0.15) is 22.8 Å². The maximum Gasteiger partial charge on any atom is 0.335 e. The van der Waals surface area contributed by atoms with Gasteiger partial charge in [-0.25, -0.2) is 9.18 Å². The van der Waals surface area contributed by atoms with E-state index in [1.807, 2.05) is 0 Å². The van der Waals surface area contributed by atoms with E-state index in [2.05, 4.69) is 5.32 Å². The van der Waals surface area contributed by atoms with Crippen LogP contribution in [-0.2, 0) is 11.3 Å². The summed E-state index contributed by atoms with van der Waals surface area (Å²) in [5.41, 5.74) is 0.147. The number of carboxylic acids is 1. The maximum absolute atomic E-state index is 13.2. The van der Waals surface area contributed by atoms with Gasteiger partial charge in [0.15, 0.2) is 0 Å². The van der Waals surface area contributed by atoms with Crippen LogP contribution in [0.5, 0.6) is 0 Å². The van der Waals surface area contributed by atoms with Crippen molar-refractivity contribution in [3.05, 3.63) is 35.1 Å². The van der Waals surface area contributed by atoms with Gasteiger partial charge < -0.3 is 10.4 Å². The second-order valence-corrected chi connectivity index (χ2v) is 3.02. The molecular formula is C10H10FNO3. The Morgan fingerprint density at radius 2 is 2.13 bits per heavy atom. The number of amides is 1. The Hall–Kier alpha value is -1.91. The van der Waals surface area contributed by atoms with Crippen LogP contribution < -0.4 is 5.32 Å². The molecule has 0 aliphatic rings. The zero-order chi connectivity index (χ0) is 11.4. The first-order valence-corrected chi connectivity index (χ1v) is 4.27. The number of hydrogen-bond donors (Lipinski definition) is 2. The van der Waals surface area contributed by atoms with Gasteiger partial charge in [0.25, 0.3) is 0 Å². The lowest BCUT2D eigenvalue weighted by Gasteiger charge is -2.04. The fourth-order valence-corrected chi connectivity index (χ4v) is 1.04. The topological polar surface area (TPSA) is 66.4 Å². The highest BCUT2D eigenvalue weighted by Crippen LogP contribution is 2.10. The molecule has 0 radical (unpaired) electrons. The molecule has 1 amide bonds. The largest absolute Gasteiger partial charge is 0.478 e. The highest BCUT2D eigenvalue weighted by atomic mass is 19.1. The molecule has 0 saturated heterocycles. The van der Waals surface area contributed by atoms with E-state index in [-0.39, 0.29) is 23.6 Å². The van der Waals surface area contributed by atoms with E-state index < -0.39 is 11.8 Å². The van der Waals surface area contributed by atoms with Crippen LogP contribution in [0.25, 0.3) is 0 Å². The summed E-state index contributed by atoms with van der Waals surface area (Å²) in [6.07, 6.45) is 0. The summed E-state index contributed by atoms with van der Waals surface area (Å²) in [6, 6.07) is 3.57. The molecule has 0 bridgehead atoms. The van der Waals surface area contributed by atoms with Crippen LogP contribution in [0, 0.1) is 5.82 Å². The molecule has 5 heteroatoms. The number of carboxylic acid groups (broad SMARTS) is 1. The van der Waals surface area contributed by atoms with Crippen molar-refractivity contribution in [2.24, 2.45) is 0 Å². The second kappa shape index (κ2) is 4.54. The van der Waals surface area contributed by atoms with Crippen molar-refractivity contribution in [3.63, 3.8) is 0 Å². The lowest BCUT2D eigenvalue weighted by molar-refractivity contribution is -0.119. The molecule has 4 nitrogen and oxygen atoms in total. The van der Waals surface area contributed by atoms with Crippen molar-refractivity contribution in [3.8, 4) is 0 Å². The van der Waals surface area contributed by atoms with Crippen LogP contribution in [0.15, 0.2) is 18.2 Å². The molecule has 0 atom stereocenters. The number of rotatable bonds is 3. The first kappa shape index (κ1) is 11.2. The van der Waals surface area contributed by atoms with Crippen LogP contribution >= 0.6 is 0 Å². The van der Waals surface area contributed by atoms with Gasteiger partial charge in [-0.05, 0) is 12.1 Å². The number of halogens is 1. The monoisotopic (exact) mass is 211 g/mol. The van der Waals surface area contributed by atoms with Crippen molar-refractivity contribution in [1.82, 2.24) is 5.32 Å². The molecular weight excluding hydrogens is 201 g/mol. The fraction of sp³-hybridized carbons (Fsp3) is 0.200. The number of nitrogens with one attached hydrogen (secondary N) is 1. The first-order valence-electron chi connectivity index (χ1n) is 4.27. The molecule has 0 aliphatic carbocycles. The average Bonchev–Trinajstić information content (AvgIpc) is 2.15. The summed E-state index contributed by atoms with van der Waals surface area (Å²) in [5.74, 6) is -2.08. The quantitative estimate of drug-likeness (QED) is 0.788. The van der Waals surface area contributed by atoms with Gasteiger partial charge in [-0.2, -0.15) is 0 Å². The summed E-state index contributed by atoms with van der Waals surface area (Å²) in [5, 5.41) is 11.0. The first-order chi connectivity index (χ1) is 7.00. The van der Waals surface area contributed by atoms with Crippen LogP contribution in [0.3, 0.4) is 0 Å². The zero-order valence-electron chi connectivity index (χ0n) is 8.08. The van der Waals surface area contributed by atoms with Crippen molar-refractivity contribution >= 4 is 11.9 Å². The normalized spacial score (nSPS) is 9.73. The number of carbonyl (C=O) groups excluding carboxylic acids is 1. The SMILES string of the molecule is CC(=O)NCc1ccc(C(=O)O)cc1F. The summed E-state index contributed by atoms with van der Waals surface area (Å²) < 4.78 is 13.2. The molecule has 0 heterocycles.